The number of carbonyl (C=O) groups is 1. The summed E-state index contributed by atoms with van der Waals surface area (Å²) in [5.41, 5.74) is 0. The molecule has 1 N–H and O–H groups in total. The van der Waals surface area contributed by atoms with E-state index in [4.69, 9.17) is 5.11 Å². The fourth-order valence-electron chi connectivity index (χ4n) is 3.35. The summed E-state index contributed by atoms with van der Waals surface area (Å²) in [6.45, 7) is 2.28. The molecule has 0 spiro atoms. The maximum atomic E-state index is 10.4. The van der Waals surface area contributed by atoms with Gasteiger partial charge in [-0.1, -0.05) is 122 Å². The van der Waals surface area contributed by atoms with Gasteiger partial charge in [0.25, 0.3) is 0 Å². The van der Waals surface area contributed by atoms with Gasteiger partial charge in [0.05, 0.1) is 0 Å². The summed E-state index contributed by atoms with van der Waals surface area (Å²) in [6.07, 6.45) is 26.1. The third-order valence-corrected chi connectivity index (χ3v) is 4.99. The summed E-state index contributed by atoms with van der Waals surface area (Å²) in [7, 11) is 0. The Kier molecular flexibility index (Phi) is 26.5. The fourth-order valence-corrected chi connectivity index (χ4v) is 3.35. The first kappa shape index (κ1) is 27.4. The summed E-state index contributed by atoms with van der Waals surface area (Å²) >= 11 is 0. The Morgan fingerprint density at radius 1 is 0.520 bits per heavy atom. The van der Waals surface area contributed by atoms with Gasteiger partial charge in [0.15, 0.2) is 0 Å². The molecule has 0 heterocycles. The molecule has 25 heavy (non-hydrogen) atoms. The average molecular weight is 388 g/mol. The predicted molar refractivity (Wildman–Crippen MR) is 106 cm³/mol. The van der Waals surface area contributed by atoms with E-state index in [0.29, 0.717) is 6.42 Å². The molecule has 0 saturated heterocycles. The largest absolute Gasteiger partial charge is 0.481 e. The zero-order valence-electron chi connectivity index (χ0n) is 17.0. The second-order valence-electron chi connectivity index (χ2n) is 7.51. The van der Waals surface area contributed by atoms with E-state index >= 15 is 0 Å². The number of hydrogen-bond donors (Lipinski definition) is 1. The van der Waals surface area contributed by atoms with Gasteiger partial charge in [0.1, 0.15) is 0 Å². The predicted octanol–water partition coefficient (Wildman–Crippen LogP) is 7.89. The number of carboxylic acids is 1. The number of hydrogen-bond acceptors (Lipinski definition) is 1. The molecule has 0 aromatic heterocycles. The SMILES string of the molecule is CCCCCCCCCCCCCCCCCCCCCC(=O)O.[Ti]. The Morgan fingerprint density at radius 2 is 0.760 bits per heavy atom. The molecule has 0 aliphatic carbocycles. The first-order valence-electron chi connectivity index (χ1n) is 11.0. The van der Waals surface area contributed by atoms with Crippen LogP contribution in [0, 0.1) is 0 Å². The molecule has 0 bridgehead atoms. The van der Waals surface area contributed by atoms with Gasteiger partial charge in [-0.25, -0.2) is 0 Å². The van der Waals surface area contributed by atoms with E-state index in [1.54, 1.807) is 0 Å². The summed E-state index contributed by atoms with van der Waals surface area (Å²) in [5.74, 6) is -0.651. The molecular weight excluding hydrogens is 344 g/mol. The van der Waals surface area contributed by atoms with Crippen molar-refractivity contribution in [1.29, 1.82) is 0 Å². The van der Waals surface area contributed by atoms with Crippen molar-refractivity contribution in [3.8, 4) is 0 Å². The smallest absolute Gasteiger partial charge is 0.303 e. The maximum absolute atomic E-state index is 10.4. The van der Waals surface area contributed by atoms with Gasteiger partial charge in [-0.2, -0.15) is 0 Å². The zero-order valence-corrected chi connectivity index (χ0v) is 18.6. The molecule has 0 aromatic rings. The minimum Gasteiger partial charge on any atom is -0.481 e. The third kappa shape index (κ3) is 26.5. The molecule has 0 amide bonds. The third-order valence-electron chi connectivity index (χ3n) is 4.99. The average Bonchev–Trinajstić information content (AvgIpc) is 2.56. The summed E-state index contributed by atoms with van der Waals surface area (Å²) < 4.78 is 0. The first-order chi connectivity index (χ1) is 11.8. The van der Waals surface area contributed by atoms with Gasteiger partial charge in [0.2, 0.25) is 0 Å². The van der Waals surface area contributed by atoms with Crippen LogP contribution in [0.4, 0.5) is 0 Å². The van der Waals surface area contributed by atoms with Crippen LogP contribution in [0.3, 0.4) is 0 Å². The van der Waals surface area contributed by atoms with Crippen molar-refractivity contribution >= 4 is 5.97 Å². The Morgan fingerprint density at radius 3 is 1.00 bits per heavy atom. The Balaban J connectivity index is 0. The van der Waals surface area contributed by atoms with Crippen LogP contribution in [-0.4, -0.2) is 11.1 Å². The van der Waals surface area contributed by atoms with Gasteiger partial charge >= 0.3 is 5.97 Å². The van der Waals surface area contributed by atoms with Crippen molar-refractivity contribution in [2.75, 3.05) is 0 Å². The topological polar surface area (TPSA) is 37.3 Å². The van der Waals surface area contributed by atoms with E-state index in [1.807, 2.05) is 0 Å². The van der Waals surface area contributed by atoms with Crippen molar-refractivity contribution in [2.24, 2.45) is 0 Å². The van der Waals surface area contributed by atoms with Crippen LogP contribution in [0.1, 0.15) is 135 Å². The van der Waals surface area contributed by atoms with E-state index in [9.17, 15) is 4.79 Å². The standard InChI is InChI=1S/C22H44O2.Ti/c1-2-3-4-5-6-7-8-9-10-11-12-13-14-15-16-17-18-19-20-21-22(23)24;/h2-21H2,1H3,(H,23,24);. The molecular formula is C22H44O2Ti. The van der Waals surface area contributed by atoms with Crippen LogP contribution < -0.4 is 0 Å². The summed E-state index contributed by atoms with van der Waals surface area (Å²) in [6, 6.07) is 0. The number of carboxylic acid groups (broad SMARTS) is 1. The molecule has 0 saturated carbocycles. The van der Waals surface area contributed by atoms with Crippen LogP contribution in [0.2, 0.25) is 0 Å². The number of unbranched alkanes of at least 4 members (excludes halogenated alkanes) is 18. The van der Waals surface area contributed by atoms with Crippen LogP contribution in [0.15, 0.2) is 0 Å². The Hall–Kier alpha value is 0.184. The molecule has 148 valence electrons. The molecule has 0 aliphatic heterocycles. The Bertz CT molecular complexity index is 256. The van der Waals surface area contributed by atoms with Crippen LogP contribution in [0.25, 0.3) is 0 Å². The van der Waals surface area contributed by atoms with Crippen LogP contribution in [0.5, 0.6) is 0 Å². The van der Waals surface area contributed by atoms with E-state index in [2.05, 4.69) is 6.92 Å². The van der Waals surface area contributed by atoms with Crippen molar-refractivity contribution in [3.63, 3.8) is 0 Å². The molecule has 0 aliphatic rings. The van der Waals surface area contributed by atoms with Crippen molar-refractivity contribution in [1.82, 2.24) is 0 Å². The van der Waals surface area contributed by atoms with Gasteiger partial charge in [-0.3, -0.25) is 4.79 Å². The fraction of sp³-hybridized carbons (Fsp3) is 0.955. The molecule has 2 nitrogen and oxygen atoms in total. The number of rotatable bonds is 20. The summed E-state index contributed by atoms with van der Waals surface area (Å²) in [5, 5.41) is 8.56. The minimum atomic E-state index is -0.651. The molecule has 0 unspecified atom stereocenters. The van der Waals surface area contributed by atoms with Crippen LogP contribution >= 0.6 is 0 Å². The second kappa shape index (κ2) is 24.2. The van der Waals surface area contributed by atoms with E-state index < -0.39 is 5.97 Å². The first-order valence-corrected chi connectivity index (χ1v) is 11.0. The van der Waals surface area contributed by atoms with E-state index in [-0.39, 0.29) is 21.7 Å². The second-order valence-corrected chi connectivity index (χ2v) is 7.51. The van der Waals surface area contributed by atoms with Gasteiger partial charge < -0.3 is 5.11 Å². The number of aliphatic carboxylic acids is 1. The van der Waals surface area contributed by atoms with Crippen LogP contribution in [-0.2, 0) is 26.5 Å². The van der Waals surface area contributed by atoms with Crippen molar-refractivity contribution in [3.05, 3.63) is 0 Å². The van der Waals surface area contributed by atoms with Crippen molar-refractivity contribution < 1.29 is 31.6 Å². The molecule has 0 rings (SSSR count). The van der Waals surface area contributed by atoms with E-state index in [1.165, 1.54) is 109 Å². The van der Waals surface area contributed by atoms with E-state index in [0.717, 1.165) is 12.8 Å². The molecule has 3 heteroatoms. The molecule has 0 atom stereocenters. The molecule has 0 radical (unpaired) electrons. The zero-order chi connectivity index (χ0) is 17.7. The molecule has 0 aromatic carbocycles. The normalized spacial score (nSPS) is 10.6. The monoisotopic (exact) mass is 388 g/mol. The van der Waals surface area contributed by atoms with Gasteiger partial charge in [-0.15, -0.1) is 0 Å². The summed E-state index contributed by atoms with van der Waals surface area (Å²) in [4.78, 5) is 10.4. The van der Waals surface area contributed by atoms with Gasteiger partial charge in [-0.05, 0) is 6.42 Å². The maximum Gasteiger partial charge on any atom is 0.303 e. The minimum absolute atomic E-state index is 0. The quantitative estimate of drug-likeness (QED) is 0.170. The molecule has 0 fully saturated rings. The Labute approximate surface area is 172 Å². The van der Waals surface area contributed by atoms with Crippen molar-refractivity contribution in [2.45, 2.75) is 135 Å². The van der Waals surface area contributed by atoms with Gasteiger partial charge in [0, 0.05) is 28.1 Å².